The summed E-state index contributed by atoms with van der Waals surface area (Å²) < 4.78 is 0. The quantitative estimate of drug-likeness (QED) is 0.700. The average molecular weight is 408 g/mol. The second-order valence-electron chi connectivity index (χ2n) is 7.71. The van der Waals surface area contributed by atoms with Crippen LogP contribution in [-0.2, 0) is 16.0 Å². The van der Waals surface area contributed by atoms with E-state index in [9.17, 15) is 9.59 Å². The van der Waals surface area contributed by atoms with E-state index in [2.05, 4.69) is 11.1 Å². The van der Waals surface area contributed by atoms with E-state index in [0.29, 0.717) is 31.0 Å². The maximum atomic E-state index is 13.4. The molecule has 3 aromatic rings. The van der Waals surface area contributed by atoms with Crippen molar-refractivity contribution in [2.45, 2.75) is 31.8 Å². The minimum absolute atomic E-state index is 0.0172. The summed E-state index contributed by atoms with van der Waals surface area (Å²) in [7, 11) is 0. The van der Waals surface area contributed by atoms with Crippen LogP contribution in [-0.4, -0.2) is 45.7 Å². The minimum atomic E-state index is -0.489. The van der Waals surface area contributed by atoms with E-state index in [0.717, 1.165) is 27.7 Å². The van der Waals surface area contributed by atoms with Crippen LogP contribution < -0.4 is 0 Å². The number of H-pyrrole nitrogens is 1. The highest BCUT2D eigenvalue weighted by Gasteiger charge is 2.45. The van der Waals surface area contributed by atoms with Gasteiger partial charge in [-0.05, 0) is 36.2 Å². The Morgan fingerprint density at radius 3 is 2.62 bits per heavy atom. The molecule has 0 radical (unpaired) electrons. The molecule has 0 bridgehead atoms. The van der Waals surface area contributed by atoms with Gasteiger partial charge in [-0.15, -0.1) is 0 Å². The fourth-order valence-electron chi connectivity index (χ4n) is 4.78. The van der Waals surface area contributed by atoms with E-state index >= 15 is 0 Å². The van der Waals surface area contributed by atoms with Crippen LogP contribution in [0.4, 0.5) is 0 Å². The number of hydrogen-bond acceptors (Lipinski definition) is 2. The molecule has 2 atom stereocenters. The number of hydrogen-bond donors (Lipinski definition) is 1. The van der Waals surface area contributed by atoms with E-state index in [4.69, 9.17) is 11.6 Å². The second kappa shape index (κ2) is 6.92. The summed E-state index contributed by atoms with van der Waals surface area (Å²) in [6.45, 7) is 3.06. The number of fused-ring (bicyclic) bond motifs is 4. The van der Waals surface area contributed by atoms with Crippen molar-refractivity contribution in [3.63, 3.8) is 0 Å². The molecule has 3 heterocycles. The van der Waals surface area contributed by atoms with Crippen molar-refractivity contribution in [3.05, 3.63) is 70.4 Å². The van der Waals surface area contributed by atoms with Crippen molar-refractivity contribution in [1.82, 2.24) is 14.8 Å². The molecule has 5 nitrogen and oxygen atoms in total. The van der Waals surface area contributed by atoms with Gasteiger partial charge in [0.2, 0.25) is 11.8 Å². The highest BCUT2D eigenvalue weighted by molar-refractivity contribution is 6.30. The molecule has 1 fully saturated rings. The van der Waals surface area contributed by atoms with Crippen molar-refractivity contribution >= 4 is 34.3 Å². The number of aromatic nitrogens is 1. The van der Waals surface area contributed by atoms with E-state index in [1.807, 2.05) is 49.4 Å². The van der Waals surface area contributed by atoms with E-state index in [-0.39, 0.29) is 17.9 Å². The first kappa shape index (κ1) is 18.3. The summed E-state index contributed by atoms with van der Waals surface area (Å²) in [5.41, 5.74) is 4.11. The Bertz CT molecular complexity index is 1110. The fraction of sp³-hybridized carbons (Fsp3) is 0.304. The van der Waals surface area contributed by atoms with Crippen LogP contribution in [0.2, 0.25) is 5.02 Å². The number of aromatic amines is 1. The molecular weight excluding hydrogens is 386 g/mol. The van der Waals surface area contributed by atoms with Crippen LogP contribution in [0.3, 0.4) is 0 Å². The number of halogens is 1. The van der Waals surface area contributed by atoms with Gasteiger partial charge in [-0.3, -0.25) is 9.59 Å². The number of rotatable bonds is 2. The number of carbonyl (C=O) groups excluding carboxylic acids is 2. The summed E-state index contributed by atoms with van der Waals surface area (Å²) in [5, 5.41) is 1.77. The minimum Gasteiger partial charge on any atom is -0.356 e. The number of carbonyl (C=O) groups is 2. The Labute approximate surface area is 174 Å². The zero-order valence-corrected chi connectivity index (χ0v) is 16.9. The summed E-state index contributed by atoms with van der Waals surface area (Å²) in [4.78, 5) is 33.7. The van der Waals surface area contributed by atoms with Crippen LogP contribution in [0.15, 0.2) is 48.5 Å². The molecule has 0 saturated carbocycles. The van der Waals surface area contributed by atoms with Crippen molar-refractivity contribution in [2.24, 2.45) is 0 Å². The Hall–Kier alpha value is -2.79. The third-order valence-corrected chi connectivity index (χ3v) is 6.43. The van der Waals surface area contributed by atoms with E-state index in [1.165, 1.54) is 0 Å². The summed E-state index contributed by atoms with van der Waals surface area (Å²) >= 11 is 6.12. The van der Waals surface area contributed by atoms with Gasteiger partial charge in [0.05, 0.1) is 6.04 Å². The Kier molecular flexibility index (Phi) is 4.36. The molecule has 0 spiro atoms. The molecule has 6 heteroatoms. The van der Waals surface area contributed by atoms with Gasteiger partial charge in [-0.2, -0.15) is 0 Å². The van der Waals surface area contributed by atoms with Crippen LogP contribution in [0.25, 0.3) is 10.9 Å². The Morgan fingerprint density at radius 2 is 1.86 bits per heavy atom. The summed E-state index contributed by atoms with van der Waals surface area (Å²) in [5.74, 6) is 0.0526. The molecule has 5 rings (SSSR count). The highest BCUT2D eigenvalue weighted by atomic mass is 35.5. The Morgan fingerprint density at radius 1 is 1.10 bits per heavy atom. The van der Waals surface area contributed by atoms with Crippen molar-refractivity contribution < 1.29 is 9.59 Å². The molecule has 2 amide bonds. The highest BCUT2D eigenvalue weighted by Crippen LogP contribution is 2.42. The van der Waals surface area contributed by atoms with Crippen LogP contribution >= 0.6 is 11.6 Å². The number of nitrogens with zero attached hydrogens (tertiary/aromatic N) is 2. The molecule has 1 aromatic heterocycles. The van der Waals surface area contributed by atoms with Crippen LogP contribution in [0.5, 0.6) is 0 Å². The number of benzene rings is 2. The second-order valence-corrected chi connectivity index (χ2v) is 8.14. The first-order valence-electron chi connectivity index (χ1n) is 10.0. The molecule has 0 aliphatic carbocycles. The van der Waals surface area contributed by atoms with Gasteiger partial charge in [0.15, 0.2) is 0 Å². The monoisotopic (exact) mass is 407 g/mol. The fourth-order valence-corrected chi connectivity index (χ4v) is 4.90. The number of para-hydroxylation sites is 1. The molecule has 2 aliphatic rings. The normalized spacial score (nSPS) is 21.9. The molecule has 2 aromatic carbocycles. The molecule has 29 heavy (non-hydrogen) atoms. The van der Waals surface area contributed by atoms with Gasteiger partial charge in [0.1, 0.15) is 6.04 Å². The average Bonchev–Trinajstić information content (AvgIpc) is 3.06. The zero-order chi connectivity index (χ0) is 20.1. The zero-order valence-electron chi connectivity index (χ0n) is 16.2. The summed E-state index contributed by atoms with van der Waals surface area (Å²) in [6, 6.07) is 14.9. The molecular formula is C23H22ClN3O2. The third kappa shape index (κ3) is 2.84. The van der Waals surface area contributed by atoms with Gasteiger partial charge in [0, 0.05) is 47.6 Å². The summed E-state index contributed by atoms with van der Waals surface area (Å²) in [6.07, 6.45) is 0.875. The lowest BCUT2D eigenvalue weighted by Gasteiger charge is -2.41. The van der Waals surface area contributed by atoms with Gasteiger partial charge in [-0.1, -0.05) is 41.9 Å². The lowest BCUT2D eigenvalue weighted by Crippen LogP contribution is -2.52. The van der Waals surface area contributed by atoms with Crippen molar-refractivity contribution in [3.8, 4) is 0 Å². The van der Waals surface area contributed by atoms with Gasteiger partial charge in [0.25, 0.3) is 0 Å². The first-order valence-corrected chi connectivity index (χ1v) is 10.4. The molecule has 1 N–H and O–H groups in total. The van der Waals surface area contributed by atoms with Gasteiger partial charge in [-0.25, -0.2) is 0 Å². The smallest absolute Gasteiger partial charge is 0.245 e. The molecule has 2 aliphatic heterocycles. The number of nitrogens with one attached hydrogen (secondary N) is 1. The van der Waals surface area contributed by atoms with Crippen LogP contribution in [0, 0.1) is 0 Å². The topological polar surface area (TPSA) is 56.4 Å². The molecule has 148 valence electrons. The maximum absolute atomic E-state index is 13.4. The predicted octanol–water partition coefficient (Wildman–Crippen LogP) is 3.92. The molecule has 0 unspecified atom stereocenters. The lowest BCUT2D eigenvalue weighted by atomic mass is 9.87. The predicted molar refractivity (Wildman–Crippen MR) is 113 cm³/mol. The lowest BCUT2D eigenvalue weighted by molar-refractivity contribution is -0.143. The van der Waals surface area contributed by atoms with Crippen LogP contribution in [0.1, 0.15) is 36.2 Å². The van der Waals surface area contributed by atoms with Crippen molar-refractivity contribution in [1.29, 1.82) is 0 Å². The maximum Gasteiger partial charge on any atom is 0.245 e. The third-order valence-electron chi connectivity index (χ3n) is 6.18. The number of amides is 2. The SMILES string of the molecule is CCN1CCC(=O)N2[C@H](c3ccc(Cl)cc3)c3[nH]c4ccccc4c3C[C@H]2C1=O. The largest absolute Gasteiger partial charge is 0.356 e. The standard InChI is InChI=1S/C23H22ClN3O2/c1-2-26-12-11-20(28)27-19(23(26)29)13-17-16-5-3-4-6-18(16)25-21(17)22(27)14-7-9-15(24)10-8-14/h3-10,19,22,25H,2,11-13H2,1H3/t19-,22+/m0/s1. The van der Waals surface area contributed by atoms with Crippen molar-refractivity contribution in [2.75, 3.05) is 13.1 Å². The first-order chi connectivity index (χ1) is 14.1. The van der Waals surface area contributed by atoms with Gasteiger partial charge >= 0.3 is 0 Å². The van der Waals surface area contributed by atoms with E-state index < -0.39 is 6.04 Å². The Balaban J connectivity index is 1.75. The van der Waals surface area contributed by atoms with E-state index in [1.54, 1.807) is 9.80 Å². The van der Waals surface area contributed by atoms with Gasteiger partial charge < -0.3 is 14.8 Å². The molecule has 1 saturated heterocycles. The number of likely N-dealkylation sites (N-methyl/N-ethyl adjacent to an activating group) is 1.